The van der Waals surface area contributed by atoms with E-state index in [2.05, 4.69) is 15.5 Å². The predicted octanol–water partition coefficient (Wildman–Crippen LogP) is 4.31. The van der Waals surface area contributed by atoms with Crippen molar-refractivity contribution in [1.82, 2.24) is 19.2 Å². The molecule has 0 aliphatic carbocycles. The van der Waals surface area contributed by atoms with Crippen LogP contribution >= 0.6 is 11.6 Å². The van der Waals surface area contributed by atoms with Gasteiger partial charge in [-0.3, -0.25) is 18.6 Å². The molecular weight excluding hydrogens is 447 g/mol. The highest BCUT2D eigenvalue weighted by Gasteiger charge is 2.33. The van der Waals surface area contributed by atoms with Gasteiger partial charge in [0.05, 0.1) is 21.6 Å². The Labute approximate surface area is 184 Å². The maximum atomic E-state index is 13.1. The minimum atomic E-state index is -4.67. The van der Waals surface area contributed by atoms with E-state index in [4.69, 9.17) is 11.6 Å². The molecule has 2 heterocycles. The zero-order valence-electron chi connectivity index (χ0n) is 16.8. The Balaban J connectivity index is 1.73. The first kappa shape index (κ1) is 21.8. The molecular formula is C21H17ClF3N5O2. The van der Waals surface area contributed by atoms with Crippen molar-refractivity contribution in [1.29, 1.82) is 0 Å². The molecule has 0 saturated carbocycles. The van der Waals surface area contributed by atoms with Crippen molar-refractivity contribution < 1.29 is 18.0 Å². The fraction of sp³-hybridized carbons (Fsp3) is 0.238. The van der Waals surface area contributed by atoms with E-state index in [0.29, 0.717) is 23.3 Å². The number of para-hydroxylation sites is 2. The number of nitrogens with one attached hydrogen (secondary N) is 1. The van der Waals surface area contributed by atoms with Crippen molar-refractivity contribution in [2.24, 2.45) is 0 Å². The number of hydrogen-bond donors (Lipinski definition) is 1. The largest absolute Gasteiger partial charge is 0.417 e. The van der Waals surface area contributed by atoms with Crippen LogP contribution in [0.4, 0.5) is 18.9 Å². The number of carbonyl (C=O) groups excluding carboxylic acids is 1. The van der Waals surface area contributed by atoms with Gasteiger partial charge in [-0.25, -0.2) is 0 Å². The molecule has 0 spiro atoms. The molecule has 1 amide bonds. The highest BCUT2D eigenvalue weighted by molar-refractivity contribution is 6.31. The molecule has 4 rings (SSSR count). The van der Waals surface area contributed by atoms with E-state index in [1.54, 1.807) is 28.7 Å². The number of benzene rings is 2. The van der Waals surface area contributed by atoms with E-state index in [1.165, 1.54) is 10.6 Å². The van der Waals surface area contributed by atoms with Crippen molar-refractivity contribution in [3.8, 4) is 0 Å². The normalized spacial score (nSPS) is 11.9. The number of hydrogen-bond acceptors (Lipinski definition) is 4. The summed E-state index contributed by atoms with van der Waals surface area (Å²) >= 11 is 5.62. The number of alkyl halides is 3. The van der Waals surface area contributed by atoms with Gasteiger partial charge in [-0.1, -0.05) is 30.7 Å². The molecule has 0 atom stereocenters. The molecule has 7 nitrogen and oxygen atoms in total. The van der Waals surface area contributed by atoms with Gasteiger partial charge in [0, 0.05) is 12.1 Å². The smallest absolute Gasteiger partial charge is 0.325 e. The molecule has 4 aromatic rings. The second-order valence-corrected chi connectivity index (χ2v) is 7.55. The molecule has 0 aliphatic rings. The number of halogens is 4. The Hall–Kier alpha value is -3.40. The van der Waals surface area contributed by atoms with Gasteiger partial charge in [0.15, 0.2) is 0 Å². The zero-order valence-corrected chi connectivity index (χ0v) is 17.5. The minimum absolute atomic E-state index is 0.0748. The third-order valence-corrected chi connectivity index (χ3v) is 5.24. The van der Waals surface area contributed by atoms with Gasteiger partial charge >= 0.3 is 6.18 Å². The van der Waals surface area contributed by atoms with Crippen LogP contribution in [0.25, 0.3) is 16.7 Å². The molecule has 0 aliphatic heterocycles. The van der Waals surface area contributed by atoms with Crippen molar-refractivity contribution in [2.75, 3.05) is 5.32 Å². The third kappa shape index (κ3) is 3.93. The van der Waals surface area contributed by atoms with Gasteiger partial charge in [-0.2, -0.15) is 13.2 Å². The van der Waals surface area contributed by atoms with Gasteiger partial charge < -0.3 is 5.32 Å². The number of anilines is 1. The van der Waals surface area contributed by atoms with Gasteiger partial charge in [-0.05, 0) is 36.8 Å². The summed E-state index contributed by atoms with van der Waals surface area (Å²) in [6.45, 7) is 1.56. The summed E-state index contributed by atoms with van der Waals surface area (Å²) < 4.78 is 42.2. The van der Waals surface area contributed by atoms with Gasteiger partial charge in [0.2, 0.25) is 11.6 Å². The van der Waals surface area contributed by atoms with Crippen LogP contribution in [0.3, 0.4) is 0 Å². The summed E-state index contributed by atoms with van der Waals surface area (Å²) in [5.74, 6) is -0.0430. The molecule has 11 heteroatoms. The van der Waals surface area contributed by atoms with Crippen LogP contribution < -0.4 is 10.9 Å². The summed E-state index contributed by atoms with van der Waals surface area (Å²) in [6.07, 6.45) is -3.24. The zero-order chi connectivity index (χ0) is 23.0. The highest BCUT2D eigenvalue weighted by Crippen LogP contribution is 2.36. The van der Waals surface area contributed by atoms with E-state index in [9.17, 15) is 22.8 Å². The average molecular weight is 464 g/mol. The Morgan fingerprint density at radius 3 is 2.53 bits per heavy atom. The molecule has 2 aromatic carbocycles. The summed E-state index contributed by atoms with van der Waals surface area (Å²) in [6, 6.07) is 10.0. The number of carbonyl (C=O) groups is 1. The van der Waals surface area contributed by atoms with Crippen molar-refractivity contribution in [3.05, 3.63) is 69.2 Å². The summed E-state index contributed by atoms with van der Waals surface area (Å²) in [4.78, 5) is 25.7. The number of nitrogens with zero attached hydrogens (tertiary/aromatic N) is 4. The summed E-state index contributed by atoms with van der Waals surface area (Å²) in [7, 11) is 0. The van der Waals surface area contributed by atoms with Crippen LogP contribution in [0.1, 0.15) is 24.7 Å². The van der Waals surface area contributed by atoms with Gasteiger partial charge in [0.25, 0.3) is 5.56 Å². The van der Waals surface area contributed by atoms with E-state index in [0.717, 1.165) is 18.6 Å². The molecule has 0 saturated heterocycles. The van der Waals surface area contributed by atoms with E-state index < -0.39 is 34.8 Å². The molecule has 0 unspecified atom stereocenters. The Morgan fingerprint density at radius 2 is 1.84 bits per heavy atom. The highest BCUT2D eigenvalue weighted by atomic mass is 35.5. The number of aromatic nitrogens is 4. The van der Waals surface area contributed by atoms with E-state index in [1.807, 2.05) is 6.92 Å². The van der Waals surface area contributed by atoms with Crippen molar-refractivity contribution >= 4 is 39.9 Å². The molecule has 0 bridgehead atoms. The SMILES string of the molecule is CCCc1nnc2c(=O)n(CC(=O)Nc3ccc(Cl)c(C(F)(F)F)c3)c3ccccc3n12. The fourth-order valence-corrected chi connectivity index (χ4v) is 3.75. The number of aryl methyl sites for hydroxylation is 1. The Morgan fingerprint density at radius 1 is 1.12 bits per heavy atom. The van der Waals surface area contributed by atoms with E-state index in [-0.39, 0.29) is 11.3 Å². The van der Waals surface area contributed by atoms with Gasteiger partial charge in [0.1, 0.15) is 12.4 Å². The predicted molar refractivity (Wildman–Crippen MR) is 114 cm³/mol. The summed E-state index contributed by atoms with van der Waals surface area (Å²) in [5, 5.41) is 10.0. The van der Waals surface area contributed by atoms with Crippen molar-refractivity contribution in [2.45, 2.75) is 32.5 Å². The quantitative estimate of drug-likeness (QED) is 0.478. The lowest BCUT2D eigenvalue weighted by molar-refractivity contribution is -0.137. The average Bonchev–Trinajstić information content (AvgIpc) is 3.16. The molecule has 0 radical (unpaired) electrons. The van der Waals surface area contributed by atoms with E-state index >= 15 is 0 Å². The Bertz CT molecular complexity index is 1390. The molecule has 166 valence electrons. The number of fused-ring (bicyclic) bond motifs is 3. The maximum absolute atomic E-state index is 13.1. The first-order valence-corrected chi connectivity index (χ1v) is 10.1. The first-order valence-electron chi connectivity index (χ1n) is 9.73. The van der Waals surface area contributed by atoms with Crippen LogP contribution in [0.15, 0.2) is 47.3 Å². The molecule has 32 heavy (non-hydrogen) atoms. The summed E-state index contributed by atoms with van der Waals surface area (Å²) in [5.41, 5.74) is -0.476. The Kier molecular flexibility index (Phi) is 5.64. The van der Waals surface area contributed by atoms with Crippen LogP contribution in [0, 0.1) is 0 Å². The fourth-order valence-electron chi connectivity index (χ4n) is 3.53. The second-order valence-electron chi connectivity index (χ2n) is 7.15. The maximum Gasteiger partial charge on any atom is 0.417 e. The lowest BCUT2D eigenvalue weighted by Crippen LogP contribution is -2.29. The number of amides is 1. The van der Waals surface area contributed by atoms with Crippen molar-refractivity contribution in [3.63, 3.8) is 0 Å². The molecule has 2 aromatic heterocycles. The standard InChI is InChI=1S/C21H17ClF3N5O2/c1-2-5-17-27-28-19-20(32)29(15-6-3-4-7-16(15)30(17)19)11-18(31)26-12-8-9-14(22)13(10-12)21(23,24)25/h3-4,6-10H,2,5,11H2,1H3,(H,26,31). The second kappa shape index (κ2) is 8.27. The van der Waals surface area contributed by atoms with Crippen LogP contribution in [-0.4, -0.2) is 25.1 Å². The van der Waals surface area contributed by atoms with Crippen LogP contribution in [0.5, 0.6) is 0 Å². The van der Waals surface area contributed by atoms with Crippen LogP contribution in [0.2, 0.25) is 5.02 Å². The van der Waals surface area contributed by atoms with Crippen LogP contribution in [-0.2, 0) is 23.9 Å². The monoisotopic (exact) mass is 463 g/mol. The third-order valence-electron chi connectivity index (χ3n) is 4.91. The lowest BCUT2D eigenvalue weighted by Gasteiger charge is -2.14. The molecule has 1 N–H and O–H groups in total. The first-order chi connectivity index (χ1) is 15.2. The molecule has 0 fully saturated rings. The van der Waals surface area contributed by atoms with Gasteiger partial charge in [-0.15, -0.1) is 10.2 Å². The lowest BCUT2D eigenvalue weighted by atomic mass is 10.2. The topological polar surface area (TPSA) is 81.3 Å². The minimum Gasteiger partial charge on any atom is -0.325 e. The number of rotatable bonds is 5.